The van der Waals surface area contributed by atoms with Crippen molar-refractivity contribution < 1.29 is 10.0 Å². The average Bonchev–Trinajstić information content (AvgIpc) is 2.75. The van der Waals surface area contributed by atoms with E-state index in [1.165, 1.54) is 102 Å². The van der Waals surface area contributed by atoms with E-state index in [2.05, 4.69) is 6.92 Å². The van der Waals surface area contributed by atoms with Gasteiger partial charge in [-0.2, -0.15) is 0 Å². The minimum atomic E-state index is -0.733. The highest BCUT2D eigenvalue weighted by Gasteiger charge is 2.18. The predicted molar refractivity (Wildman–Crippen MR) is 127 cm³/mol. The van der Waals surface area contributed by atoms with Gasteiger partial charge in [-0.05, 0) is 12.5 Å². The SMILES string of the molecule is CCCCCCCCCCCCCCCCCCCC(O)c1ccccc1[N+](=O)[O-]. The zero-order valence-electron chi connectivity index (χ0n) is 19.3. The molecule has 0 fully saturated rings. The van der Waals surface area contributed by atoms with Gasteiger partial charge in [0.1, 0.15) is 0 Å². The molecule has 1 N–H and O–H groups in total. The van der Waals surface area contributed by atoms with Crippen LogP contribution in [0.15, 0.2) is 24.3 Å². The van der Waals surface area contributed by atoms with Crippen molar-refractivity contribution in [2.45, 2.75) is 129 Å². The molecule has 1 unspecified atom stereocenters. The number of nitrogens with zero attached hydrogens (tertiary/aromatic N) is 1. The van der Waals surface area contributed by atoms with Crippen LogP contribution in [0.3, 0.4) is 0 Å². The molecule has 1 aromatic carbocycles. The van der Waals surface area contributed by atoms with Crippen LogP contribution in [-0.4, -0.2) is 10.0 Å². The molecule has 1 aromatic rings. The third kappa shape index (κ3) is 13.0. The van der Waals surface area contributed by atoms with E-state index in [0.29, 0.717) is 12.0 Å². The summed E-state index contributed by atoms with van der Waals surface area (Å²) in [7, 11) is 0. The van der Waals surface area contributed by atoms with Crippen molar-refractivity contribution in [3.05, 3.63) is 39.9 Å². The Morgan fingerprint density at radius 1 is 0.733 bits per heavy atom. The molecule has 30 heavy (non-hydrogen) atoms. The molecule has 0 aliphatic carbocycles. The van der Waals surface area contributed by atoms with Crippen LogP contribution in [0.5, 0.6) is 0 Å². The minimum absolute atomic E-state index is 0.0250. The number of hydrogen-bond acceptors (Lipinski definition) is 3. The highest BCUT2D eigenvalue weighted by molar-refractivity contribution is 5.41. The highest BCUT2D eigenvalue weighted by Crippen LogP contribution is 2.28. The lowest BCUT2D eigenvalue weighted by Crippen LogP contribution is -2.02. The Kier molecular flexibility index (Phi) is 16.3. The van der Waals surface area contributed by atoms with Crippen LogP contribution >= 0.6 is 0 Å². The van der Waals surface area contributed by atoms with Crippen LogP contribution < -0.4 is 0 Å². The maximum Gasteiger partial charge on any atom is 0.275 e. The van der Waals surface area contributed by atoms with Gasteiger partial charge in [-0.25, -0.2) is 0 Å². The fourth-order valence-electron chi connectivity index (χ4n) is 4.15. The van der Waals surface area contributed by atoms with Gasteiger partial charge < -0.3 is 5.11 Å². The molecule has 0 aromatic heterocycles. The van der Waals surface area contributed by atoms with Gasteiger partial charge in [0.05, 0.1) is 16.6 Å². The Morgan fingerprint density at radius 2 is 1.13 bits per heavy atom. The monoisotopic (exact) mass is 419 g/mol. The van der Waals surface area contributed by atoms with Gasteiger partial charge in [-0.3, -0.25) is 10.1 Å². The standard InChI is InChI=1S/C26H45NO3/c1-2-3-4-5-6-7-8-9-10-11-12-13-14-15-16-17-18-23-26(28)24-21-19-20-22-25(24)27(29)30/h19-22,26,28H,2-18,23H2,1H3. The van der Waals surface area contributed by atoms with E-state index in [-0.39, 0.29) is 5.69 Å². The minimum Gasteiger partial charge on any atom is -0.388 e. The molecule has 0 saturated heterocycles. The second-order valence-electron chi connectivity index (χ2n) is 8.78. The predicted octanol–water partition coefficient (Wildman–Crippen LogP) is 8.67. The molecule has 4 nitrogen and oxygen atoms in total. The van der Waals surface area contributed by atoms with Crippen molar-refractivity contribution in [3.63, 3.8) is 0 Å². The Bertz CT molecular complexity index is 547. The fraction of sp³-hybridized carbons (Fsp3) is 0.769. The summed E-state index contributed by atoms with van der Waals surface area (Å²) in [4.78, 5) is 10.6. The van der Waals surface area contributed by atoms with Crippen LogP contribution in [0.4, 0.5) is 5.69 Å². The lowest BCUT2D eigenvalue weighted by atomic mass is 10.00. The van der Waals surface area contributed by atoms with Crippen LogP contribution in [0, 0.1) is 10.1 Å². The van der Waals surface area contributed by atoms with Crippen LogP contribution in [0.25, 0.3) is 0 Å². The van der Waals surface area contributed by atoms with Crippen molar-refractivity contribution in [3.8, 4) is 0 Å². The summed E-state index contributed by atoms with van der Waals surface area (Å²) in [6, 6.07) is 6.52. The second kappa shape index (κ2) is 18.4. The quantitative estimate of drug-likeness (QED) is 0.131. The molecule has 0 radical (unpaired) electrons. The maximum atomic E-state index is 11.1. The van der Waals surface area contributed by atoms with Gasteiger partial charge in [-0.1, -0.05) is 128 Å². The van der Waals surface area contributed by atoms with Gasteiger partial charge in [0.15, 0.2) is 0 Å². The molecular weight excluding hydrogens is 374 g/mol. The number of aliphatic hydroxyl groups is 1. The molecular formula is C26H45NO3. The van der Waals surface area contributed by atoms with Crippen LogP contribution in [0.2, 0.25) is 0 Å². The van der Waals surface area contributed by atoms with E-state index in [1.54, 1.807) is 18.2 Å². The Balaban J connectivity index is 1.89. The third-order valence-corrected chi connectivity index (χ3v) is 6.07. The zero-order chi connectivity index (χ0) is 21.9. The fourth-order valence-corrected chi connectivity index (χ4v) is 4.15. The number of rotatable bonds is 20. The van der Waals surface area contributed by atoms with Crippen LogP contribution in [-0.2, 0) is 0 Å². The number of nitro groups is 1. The molecule has 0 spiro atoms. The first kappa shape index (κ1) is 26.6. The summed E-state index contributed by atoms with van der Waals surface area (Å²) >= 11 is 0. The van der Waals surface area contributed by atoms with Crippen molar-refractivity contribution in [1.82, 2.24) is 0 Å². The van der Waals surface area contributed by atoms with E-state index in [4.69, 9.17) is 0 Å². The number of aliphatic hydroxyl groups excluding tert-OH is 1. The average molecular weight is 420 g/mol. The Labute approximate surface area is 184 Å². The normalized spacial score (nSPS) is 12.2. The molecule has 0 bridgehead atoms. The van der Waals surface area contributed by atoms with Crippen molar-refractivity contribution >= 4 is 5.69 Å². The molecule has 1 rings (SSSR count). The molecule has 0 aliphatic rings. The van der Waals surface area contributed by atoms with Crippen LogP contribution in [0.1, 0.15) is 134 Å². The topological polar surface area (TPSA) is 63.4 Å². The van der Waals surface area contributed by atoms with Crippen molar-refractivity contribution in [2.24, 2.45) is 0 Å². The van der Waals surface area contributed by atoms with E-state index in [1.807, 2.05) is 0 Å². The molecule has 4 heteroatoms. The lowest BCUT2D eigenvalue weighted by molar-refractivity contribution is -0.386. The third-order valence-electron chi connectivity index (χ3n) is 6.07. The largest absolute Gasteiger partial charge is 0.388 e. The molecule has 172 valence electrons. The summed E-state index contributed by atoms with van der Waals surface area (Å²) in [5.41, 5.74) is 0.468. The summed E-state index contributed by atoms with van der Waals surface area (Å²) in [5.74, 6) is 0. The van der Waals surface area contributed by atoms with Gasteiger partial charge in [0.2, 0.25) is 0 Å². The van der Waals surface area contributed by atoms with Gasteiger partial charge >= 0.3 is 0 Å². The molecule has 1 atom stereocenters. The number of para-hydroxylation sites is 1. The number of unbranched alkanes of at least 4 members (excludes halogenated alkanes) is 16. The second-order valence-corrected chi connectivity index (χ2v) is 8.78. The highest BCUT2D eigenvalue weighted by atomic mass is 16.6. The number of hydrogen-bond donors (Lipinski definition) is 1. The van der Waals surface area contributed by atoms with Crippen molar-refractivity contribution in [2.75, 3.05) is 0 Å². The van der Waals surface area contributed by atoms with E-state index < -0.39 is 11.0 Å². The Morgan fingerprint density at radius 3 is 1.57 bits per heavy atom. The summed E-state index contributed by atoms with van der Waals surface area (Å²) in [6.45, 7) is 2.27. The van der Waals surface area contributed by atoms with Gasteiger partial charge in [-0.15, -0.1) is 0 Å². The summed E-state index contributed by atoms with van der Waals surface area (Å²) < 4.78 is 0. The molecule has 0 aliphatic heterocycles. The first-order chi connectivity index (χ1) is 14.7. The molecule has 0 saturated carbocycles. The number of benzene rings is 1. The van der Waals surface area contributed by atoms with E-state index >= 15 is 0 Å². The molecule has 0 heterocycles. The zero-order valence-corrected chi connectivity index (χ0v) is 19.3. The number of nitro benzene ring substituents is 1. The summed E-state index contributed by atoms with van der Waals surface area (Å²) in [5, 5.41) is 21.3. The lowest BCUT2D eigenvalue weighted by Gasteiger charge is -2.11. The first-order valence-electron chi connectivity index (χ1n) is 12.6. The van der Waals surface area contributed by atoms with Crippen molar-refractivity contribution in [1.29, 1.82) is 0 Å². The first-order valence-corrected chi connectivity index (χ1v) is 12.6. The Hall–Kier alpha value is -1.42. The maximum absolute atomic E-state index is 11.1. The van der Waals surface area contributed by atoms with Gasteiger partial charge in [0, 0.05) is 6.07 Å². The summed E-state index contributed by atoms with van der Waals surface area (Å²) in [6.07, 6.45) is 22.4. The molecule has 0 amide bonds. The van der Waals surface area contributed by atoms with E-state index in [9.17, 15) is 15.2 Å². The van der Waals surface area contributed by atoms with Gasteiger partial charge in [0.25, 0.3) is 5.69 Å². The smallest absolute Gasteiger partial charge is 0.275 e. The van der Waals surface area contributed by atoms with E-state index in [0.717, 1.165) is 12.8 Å².